The number of amides is 1. The third-order valence-electron chi connectivity index (χ3n) is 3.26. The van der Waals surface area contributed by atoms with E-state index in [1.807, 2.05) is 0 Å². The fourth-order valence-electron chi connectivity index (χ4n) is 2.15. The molecule has 1 atom stereocenters. The first-order valence-corrected chi connectivity index (χ1v) is 7.44. The number of nitrogens with zero attached hydrogens (tertiary/aromatic N) is 2. The Morgan fingerprint density at radius 1 is 1.50 bits per heavy atom. The number of carbonyl (C=O) groups is 1. The number of sulfonamides is 1. The Kier molecular flexibility index (Phi) is 5.20. The normalized spacial score (nSPS) is 19.6. The second kappa shape index (κ2) is 6.13. The Bertz CT molecular complexity index is 599. The van der Waals surface area contributed by atoms with E-state index in [9.17, 15) is 13.2 Å². The molecular formula is C11H19ClN4O3S. The minimum absolute atomic E-state index is 0. The van der Waals surface area contributed by atoms with Gasteiger partial charge in [-0.1, -0.05) is 0 Å². The highest BCUT2D eigenvalue weighted by Crippen LogP contribution is 2.22. The van der Waals surface area contributed by atoms with Gasteiger partial charge in [0.2, 0.25) is 10.0 Å². The van der Waals surface area contributed by atoms with Crippen molar-refractivity contribution in [2.24, 2.45) is 12.8 Å². The molecule has 20 heavy (non-hydrogen) atoms. The highest BCUT2D eigenvalue weighted by Gasteiger charge is 2.32. The smallest absolute Gasteiger partial charge is 0.267 e. The third-order valence-corrected chi connectivity index (χ3v) is 5.10. The van der Waals surface area contributed by atoms with E-state index >= 15 is 0 Å². The molecule has 1 fully saturated rings. The Morgan fingerprint density at radius 3 is 2.65 bits per heavy atom. The molecule has 3 N–H and O–H groups in total. The van der Waals surface area contributed by atoms with Crippen LogP contribution in [-0.2, 0) is 17.1 Å². The first-order valence-electron chi connectivity index (χ1n) is 6.00. The second-order valence-corrected chi connectivity index (χ2v) is 6.60. The molecule has 0 unspecified atom stereocenters. The van der Waals surface area contributed by atoms with Gasteiger partial charge < -0.3 is 15.6 Å². The molecule has 1 aromatic heterocycles. The molecule has 9 heteroatoms. The van der Waals surface area contributed by atoms with Gasteiger partial charge in [-0.15, -0.1) is 12.4 Å². The zero-order valence-corrected chi connectivity index (χ0v) is 13.0. The van der Waals surface area contributed by atoms with Crippen molar-refractivity contribution in [3.63, 3.8) is 0 Å². The summed E-state index contributed by atoms with van der Waals surface area (Å²) in [4.78, 5) is 11.7. The monoisotopic (exact) mass is 322 g/mol. The number of aryl methyl sites for hydroxylation is 1. The lowest BCUT2D eigenvalue weighted by atomic mass is 10.3. The molecule has 7 nitrogen and oxygen atoms in total. The van der Waals surface area contributed by atoms with Gasteiger partial charge >= 0.3 is 0 Å². The van der Waals surface area contributed by atoms with Crippen molar-refractivity contribution >= 4 is 28.3 Å². The Labute approximate surface area is 124 Å². The predicted molar refractivity (Wildman–Crippen MR) is 77.4 cm³/mol. The molecule has 1 amide bonds. The number of aromatic nitrogens is 1. The van der Waals surface area contributed by atoms with Crippen LogP contribution in [0.25, 0.3) is 0 Å². The molecule has 1 saturated heterocycles. The number of nitrogens with two attached hydrogens (primary N) is 1. The van der Waals surface area contributed by atoms with E-state index < -0.39 is 10.0 Å². The van der Waals surface area contributed by atoms with E-state index in [-0.39, 0.29) is 29.3 Å². The van der Waals surface area contributed by atoms with Gasteiger partial charge in [0.15, 0.2) is 0 Å². The molecular weight excluding hydrogens is 304 g/mol. The van der Waals surface area contributed by atoms with Crippen molar-refractivity contribution in [3.05, 3.63) is 18.0 Å². The summed E-state index contributed by atoms with van der Waals surface area (Å²) in [6.07, 6.45) is 2.11. The summed E-state index contributed by atoms with van der Waals surface area (Å²) in [6.45, 7) is 0.750. The molecule has 1 aromatic rings. The maximum Gasteiger partial charge on any atom is 0.267 e. The summed E-state index contributed by atoms with van der Waals surface area (Å²) in [5, 5.41) is 2.48. The first kappa shape index (κ1) is 17.0. The van der Waals surface area contributed by atoms with Crippen LogP contribution in [0.4, 0.5) is 0 Å². The van der Waals surface area contributed by atoms with Crippen LogP contribution in [0.15, 0.2) is 17.2 Å². The molecule has 0 saturated carbocycles. The zero-order chi connectivity index (χ0) is 14.2. The lowest BCUT2D eigenvalue weighted by Gasteiger charge is -2.14. The third kappa shape index (κ3) is 2.98. The van der Waals surface area contributed by atoms with Crippen LogP contribution in [0.3, 0.4) is 0 Å². The number of halogens is 1. The molecule has 0 bridgehead atoms. The molecule has 2 heterocycles. The van der Waals surface area contributed by atoms with Crippen molar-refractivity contribution in [1.82, 2.24) is 14.2 Å². The van der Waals surface area contributed by atoms with Gasteiger partial charge in [0.05, 0.1) is 0 Å². The Balaban J connectivity index is 0.00000200. The van der Waals surface area contributed by atoms with Gasteiger partial charge in [-0.2, -0.15) is 4.31 Å². The SMILES string of the molecule is CNC(=O)c1cc(S(=O)(=O)N2CC[C@H](N)C2)cn1C.Cl. The fraction of sp³-hybridized carbons (Fsp3) is 0.545. The van der Waals surface area contributed by atoms with E-state index in [0.717, 1.165) is 0 Å². The van der Waals surface area contributed by atoms with Gasteiger partial charge in [0.1, 0.15) is 10.6 Å². The Morgan fingerprint density at radius 2 is 2.15 bits per heavy atom. The van der Waals surface area contributed by atoms with E-state index in [4.69, 9.17) is 5.73 Å². The first-order chi connectivity index (χ1) is 8.86. The minimum atomic E-state index is -3.56. The maximum absolute atomic E-state index is 12.4. The summed E-state index contributed by atoms with van der Waals surface area (Å²) in [5.41, 5.74) is 6.04. The van der Waals surface area contributed by atoms with Crippen LogP contribution < -0.4 is 11.1 Å². The number of rotatable bonds is 3. The fourth-order valence-corrected chi connectivity index (χ4v) is 3.73. The summed E-state index contributed by atoms with van der Waals surface area (Å²) in [5.74, 6) is -0.318. The van der Waals surface area contributed by atoms with Crippen LogP contribution >= 0.6 is 12.4 Å². The minimum Gasteiger partial charge on any atom is -0.354 e. The van der Waals surface area contributed by atoms with Crippen LogP contribution in [0.1, 0.15) is 16.9 Å². The molecule has 114 valence electrons. The predicted octanol–water partition coefficient (Wildman–Crippen LogP) is -0.472. The molecule has 0 aromatic carbocycles. The number of carbonyl (C=O) groups excluding carboxylic acids is 1. The highest BCUT2D eigenvalue weighted by molar-refractivity contribution is 7.89. The van der Waals surface area contributed by atoms with E-state index in [1.165, 1.54) is 28.2 Å². The molecule has 0 radical (unpaired) electrons. The van der Waals surface area contributed by atoms with Crippen molar-refractivity contribution in [3.8, 4) is 0 Å². The summed E-state index contributed by atoms with van der Waals surface area (Å²) < 4.78 is 27.6. The zero-order valence-electron chi connectivity index (χ0n) is 11.4. The topological polar surface area (TPSA) is 97.4 Å². The van der Waals surface area contributed by atoms with Gasteiger partial charge in [-0.05, 0) is 12.5 Å². The highest BCUT2D eigenvalue weighted by atomic mass is 35.5. The molecule has 0 spiro atoms. The quantitative estimate of drug-likeness (QED) is 0.786. The van der Waals surface area contributed by atoms with Gasteiger partial charge in [0, 0.05) is 39.4 Å². The van der Waals surface area contributed by atoms with Crippen LogP contribution in [0.2, 0.25) is 0 Å². The van der Waals surface area contributed by atoms with Crippen LogP contribution in [0, 0.1) is 0 Å². The molecule has 1 aliphatic heterocycles. The summed E-state index contributed by atoms with van der Waals surface area (Å²) >= 11 is 0. The summed E-state index contributed by atoms with van der Waals surface area (Å²) in [6, 6.07) is 1.27. The lowest BCUT2D eigenvalue weighted by molar-refractivity contribution is 0.0955. The van der Waals surface area contributed by atoms with Crippen LogP contribution in [-0.4, -0.2) is 49.4 Å². The summed E-state index contributed by atoms with van der Waals surface area (Å²) in [7, 11) is -0.421. The maximum atomic E-state index is 12.4. The average Bonchev–Trinajstić information content (AvgIpc) is 2.95. The molecule has 0 aliphatic carbocycles. The Hall–Kier alpha value is -1.09. The lowest BCUT2D eigenvalue weighted by Crippen LogP contribution is -2.31. The van der Waals surface area contributed by atoms with Crippen molar-refractivity contribution in [2.45, 2.75) is 17.4 Å². The molecule has 2 rings (SSSR count). The van der Waals surface area contributed by atoms with Crippen molar-refractivity contribution in [2.75, 3.05) is 20.1 Å². The largest absolute Gasteiger partial charge is 0.354 e. The van der Waals surface area contributed by atoms with Gasteiger partial charge in [0.25, 0.3) is 5.91 Å². The van der Waals surface area contributed by atoms with Crippen molar-refractivity contribution in [1.29, 1.82) is 0 Å². The van der Waals surface area contributed by atoms with E-state index in [1.54, 1.807) is 7.05 Å². The standard InChI is InChI=1S/C11H18N4O3S.ClH/c1-13-11(16)10-5-9(7-14(10)2)19(17,18)15-4-3-8(12)6-15;/h5,7-8H,3-4,6,12H2,1-2H3,(H,13,16);1H/t8-;/m0./s1. The van der Waals surface area contributed by atoms with Gasteiger partial charge in [-0.3, -0.25) is 4.79 Å². The van der Waals surface area contributed by atoms with Crippen LogP contribution in [0.5, 0.6) is 0 Å². The van der Waals surface area contributed by atoms with E-state index in [0.29, 0.717) is 25.2 Å². The van der Waals surface area contributed by atoms with Crippen molar-refractivity contribution < 1.29 is 13.2 Å². The number of nitrogens with one attached hydrogen (secondary N) is 1. The van der Waals surface area contributed by atoms with Gasteiger partial charge in [-0.25, -0.2) is 8.42 Å². The number of hydrogen-bond donors (Lipinski definition) is 2. The second-order valence-electron chi connectivity index (χ2n) is 4.66. The van der Waals surface area contributed by atoms with E-state index in [2.05, 4.69) is 5.32 Å². The molecule has 1 aliphatic rings. The average molecular weight is 323 g/mol. The number of hydrogen-bond acceptors (Lipinski definition) is 4.